The molecular formula is C20H29NO2Si. The molecule has 1 aromatic rings. The lowest BCUT2D eigenvalue weighted by atomic mass is 9.83. The van der Waals surface area contributed by atoms with Crippen molar-refractivity contribution in [1.29, 1.82) is 0 Å². The number of carbonyl (C=O) groups is 1. The molecule has 1 aliphatic rings. The summed E-state index contributed by atoms with van der Waals surface area (Å²) in [5.74, 6) is 0.0641. The highest BCUT2D eigenvalue weighted by Crippen LogP contribution is 2.42. The van der Waals surface area contributed by atoms with E-state index in [1.807, 2.05) is 50.3 Å². The predicted octanol–water partition coefficient (Wildman–Crippen LogP) is 4.74. The van der Waals surface area contributed by atoms with Crippen molar-refractivity contribution in [2.45, 2.75) is 44.9 Å². The average molecular weight is 344 g/mol. The zero-order chi connectivity index (χ0) is 18.0. The van der Waals surface area contributed by atoms with E-state index in [1.54, 1.807) is 4.90 Å². The minimum atomic E-state index is -1.13. The van der Waals surface area contributed by atoms with Crippen LogP contribution in [-0.4, -0.2) is 27.3 Å². The van der Waals surface area contributed by atoms with E-state index >= 15 is 0 Å². The fraction of sp³-hybridized carbons (Fsp3) is 0.450. The largest absolute Gasteiger partial charge is 0.361 e. The van der Waals surface area contributed by atoms with Crippen LogP contribution in [0.1, 0.15) is 19.4 Å². The molecule has 1 aliphatic heterocycles. The number of allylic oxidation sites excluding steroid dienone is 2. The van der Waals surface area contributed by atoms with Crippen LogP contribution in [0.4, 0.5) is 5.69 Å². The molecule has 1 amide bonds. The van der Waals surface area contributed by atoms with Crippen LogP contribution >= 0.6 is 0 Å². The highest BCUT2D eigenvalue weighted by atomic mass is 28.3. The topological polar surface area (TPSA) is 29.5 Å². The average Bonchev–Trinajstić information content (AvgIpc) is 2.71. The van der Waals surface area contributed by atoms with Crippen molar-refractivity contribution in [3.63, 3.8) is 0 Å². The summed E-state index contributed by atoms with van der Waals surface area (Å²) in [6, 6.07) is 9.07. The first-order valence-electron chi connectivity index (χ1n) is 8.49. The molecular weight excluding hydrogens is 314 g/mol. The Kier molecular flexibility index (Phi) is 5.51. The number of nitrogens with zero attached hydrogens (tertiary/aromatic N) is 1. The second-order valence-corrected chi connectivity index (χ2v) is 13.6. The van der Waals surface area contributed by atoms with Gasteiger partial charge in [-0.3, -0.25) is 9.69 Å². The van der Waals surface area contributed by atoms with E-state index in [0.29, 0.717) is 13.3 Å². The quantitative estimate of drug-likeness (QED) is 0.407. The lowest BCUT2D eigenvalue weighted by molar-refractivity contribution is -0.122. The van der Waals surface area contributed by atoms with Gasteiger partial charge < -0.3 is 4.74 Å². The van der Waals surface area contributed by atoms with E-state index in [2.05, 4.69) is 26.2 Å². The fourth-order valence-corrected chi connectivity index (χ4v) is 3.54. The van der Waals surface area contributed by atoms with E-state index in [4.69, 9.17) is 4.74 Å². The van der Waals surface area contributed by atoms with E-state index in [1.165, 1.54) is 0 Å². The molecule has 0 unspecified atom stereocenters. The van der Waals surface area contributed by atoms with Crippen LogP contribution in [0.5, 0.6) is 0 Å². The summed E-state index contributed by atoms with van der Waals surface area (Å²) >= 11 is 0. The fourth-order valence-electron chi connectivity index (χ4n) is 2.79. The highest BCUT2D eigenvalue weighted by molar-refractivity contribution is 6.76. The van der Waals surface area contributed by atoms with Crippen LogP contribution in [-0.2, 0) is 14.9 Å². The molecule has 1 heterocycles. The van der Waals surface area contributed by atoms with Gasteiger partial charge in [0.1, 0.15) is 6.73 Å². The Balaban J connectivity index is 2.19. The molecule has 0 saturated heterocycles. The van der Waals surface area contributed by atoms with Gasteiger partial charge in [0, 0.05) is 14.7 Å². The van der Waals surface area contributed by atoms with Crippen molar-refractivity contribution < 1.29 is 9.53 Å². The third-order valence-corrected chi connectivity index (χ3v) is 6.07. The van der Waals surface area contributed by atoms with Crippen molar-refractivity contribution in [2.24, 2.45) is 0 Å². The van der Waals surface area contributed by atoms with E-state index in [0.717, 1.165) is 22.9 Å². The summed E-state index contributed by atoms with van der Waals surface area (Å²) in [4.78, 5) is 14.8. The Bertz CT molecular complexity index is 660. The van der Waals surface area contributed by atoms with Crippen molar-refractivity contribution in [3.05, 3.63) is 54.1 Å². The van der Waals surface area contributed by atoms with Crippen LogP contribution in [0, 0.1) is 0 Å². The maximum atomic E-state index is 13.1. The maximum absolute atomic E-state index is 13.1. The third-order valence-electron chi connectivity index (χ3n) is 4.36. The van der Waals surface area contributed by atoms with Crippen molar-refractivity contribution in [2.75, 3.05) is 18.2 Å². The maximum Gasteiger partial charge on any atom is 0.243 e. The summed E-state index contributed by atoms with van der Waals surface area (Å²) in [6.45, 7) is 15.8. The third kappa shape index (κ3) is 4.05. The summed E-state index contributed by atoms with van der Waals surface area (Å²) < 4.78 is 5.84. The van der Waals surface area contributed by atoms with Gasteiger partial charge in [0.15, 0.2) is 0 Å². The van der Waals surface area contributed by atoms with Crippen LogP contribution in [0.2, 0.25) is 25.7 Å². The zero-order valence-electron chi connectivity index (χ0n) is 15.6. The number of fused-ring (bicyclic) bond motifs is 1. The van der Waals surface area contributed by atoms with Crippen LogP contribution in [0.3, 0.4) is 0 Å². The second kappa shape index (κ2) is 7.07. The number of benzene rings is 1. The number of ether oxygens (including phenoxy) is 1. The van der Waals surface area contributed by atoms with E-state index in [9.17, 15) is 4.79 Å². The Morgan fingerprint density at radius 1 is 1.33 bits per heavy atom. The number of para-hydroxylation sites is 1. The number of hydrogen-bond donors (Lipinski definition) is 0. The number of hydrogen-bond acceptors (Lipinski definition) is 2. The molecule has 0 radical (unpaired) electrons. The Morgan fingerprint density at radius 3 is 2.62 bits per heavy atom. The molecule has 1 aromatic carbocycles. The second-order valence-electron chi connectivity index (χ2n) is 7.98. The summed E-state index contributed by atoms with van der Waals surface area (Å²) in [5.41, 5.74) is 2.26. The summed E-state index contributed by atoms with van der Waals surface area (Å²) in [5, 5.41) is 0. The first-order chi connectivity index (χ1) is 11.1. The minimum absolute atomic E-state index is 0.0641. The molecule has 0 aliphatic carbocycles. The standard InChI is InChI=1S/C20H29NO2Si/c1-16(2)11-12-20(3)17-9-7-8-10-18(17)21(19(20)22)15-23-13-14-24(4,5)6/h7-12H,1,13-15H2,2-6H3/b12-11+/t20-/m0/s1. The first kappa shape index (κ1) is 18.7. The smallest absolute Gasteiger partial charge is 0.243 e. The molecule has 0 bridgehead atoms. The molecule has 130 valence electrons. The Hall–Kier alpha value is -1.65. The molecule has 0 spiro atoms. The predicted molar refractivity (Wildman–Crippen MR) is 104 cm³/mol. The Labute approximate surface area is 147 Å². The number of amides is 1. The van der Waals surface area contributed by atoms with Crippen LogP contribution in [0.25, 0.3) is 0 Å². The highest BCUT2D eigenvalue weighted by Gasteiger charge is 2.45. The lowest BCUT2D eigenvalue weighted by Crippen LogP contribution is -2.38. The Morgan fingerprint density at radius 2 is 2.00 bits per heavy atom. The van der Waals surface area contributed by atoms with Gasteiger partial charge in [0.25, 0.3) is 0 Å². The van der Waals surface area contributed by atoms with E-state index < -0.39 is 13.5 Å². The van der Waals surface area contributed by atoms with Crippen LogP contribution < -0.4 is 4.90 Å². The zero-order valence-corrected chi connectivity index (χ0v) is 16.6. The molecule has 0 fully saturated rings. The molecule has 0 N–H and O–H groups in total. The number of rotatable bonds is 7. The first-order valence-corrected chi connectivity index (χ1v) is 12.2. The molecule has 24 heavy (non-hydrogen) atoms. The molecule has 4 heteroatoms. The van der Waals surface area contributed by atoms with Gasteiger partial charge in [-0.15, -0.1) is 0 Å². The van der Waals surface area contributed by atoms with Crippen molar-refractivity contribution in [3.8, 4) is 0 Å². The molecule has 2 rings (SSSR count). The molecule has 0 saturated carbocycles. The van der Waals surface area contributed by atoms with Gasteiger partial charge in [-0.05, 0) is 31.5 Å². The van der Waals surface area contributed by atoms with Gasteiger partial charge in [-0.2, -0.15) is 0 Å². The summed E-state index contributed by atoms with van der Waals surface area (Å²) in [7, 11) is -1.13. The van der Waals surface area contributed by atoms with E-state index in [-0.39, 0.29) is 5.91 Å². The van der Waals surface area contributed by atoms with Gasteiger partial charge in [-0.25, -0.2) is 0 Å². The number of carbonyl (C=O) groups excluding carboxylic acids is 1. The SMILES string of the molecule is C=C(C)/C=C/[C@]1(C)C(=O)N(COCC[Si](C)(C)C)c2ccccc21. The molecule has 1 atom stereocenters. The monoisotopic (exact) mass is 343 g/mol. The summed E-state index contributed by atoms with van der Waals surface area (Å²) in [6.07, 6.45) is 3.88. The lowest BCUT2D eigenvalue weighted by Gasteiger charge is -2.22. The van der Waals surface area contributed by atoms with Gasteiger partial charge in [0.2, 0.25) is 5.91 Å². The van der Waals surface area contributed by atoms with Crippen molar-refractivity contribution in [1.82, 2.24) is 0 Å². The van der Waals surface area contributed by atoms with Gasteiger partial charge >= 0.3 is 0 Å². The van der Waals surface area contributed by atoms with Crippen molar-refractivity contribution >= 4 is 19.7 Å². The minimum Gasteiger partial charge on any atom is -0.361 e. The normalized spacial score (nSPS) is 20.7. The van der Waals surface area contributed by atoms with Gasteiger partial charge in [-0.1, -0.05) is 62.1 Å². The van der Waals surface area contributed by atoms with Crippen LogP contribution in [0.15, 0.2) is 48.6 Å². The van der Waals surface area contributed by atoms with Gasteiger partial charge in [0.05, 0.1) is 11.1 Å². The molecule has 3 nitrogen and oxygen atoms in total. The molecule has 0 aromatic heterocycles. The number of anilines is 1.